The highest BCUT2D eigenvalue weighted by Crippen LogP contribution is 2.39. The topological polar surface area (TPSA) is 46.5 Å². The van der Waals surface area contributed by atoms with Crippen LogP contribution in [0.2, 0.25) is 0 Å². The minimum atomic E-state index is -0.657. The third-order valence-corrected chi connectivity index (χ3v) is 3.96. The fraction of sp³-hybridized carbons (Fsp3) is 0.533. The molecule has 0 spiro atoms. The first-order valence-corrected chi connectivity index (χ1v) is 6.51. The number of carbonyl (C=O) groups is 1. The molecular weight excluding hydrogens is 228 g/mol. The highest BCUT2D eigenvalue weighted by Gasteiger charge is 2.32. The molecule has 0 bridgehead atoms. The average Bonchev–Trinajstić information content (AvgIpc) is 2.38. The number of aryl methyl sites for hydroxylation is 1. The van der Waals surface area contributed by atoms with Gasteiger partial charge in [0.25, 0.3) is 0 Å². The van der Waals surface area contributed by atoms with Crippen molar-refractivity contribution >= 4 is 5.97 Å². The van der Waals surface area contributed by atoms with E-state index in [1.807, 2.05) is 25.1 Å². The summed E-state index contributed by atoms with van der Waals surface area (Å²) in [5.74, 6) is 0.0989. The van der Waals surface area contributed by atoms with Gasteiger partial charge in [-0.3, -0.25) is 4.79 Å². The second-order valence-electron chi connectivity index (χ2n) is 5.06. The van der Waals surface area contributed by atoms with Crippen LogP contribution in [0.15, 0.2) is 18.2 Å². The molecule has 1 aliphatic rings. The molecule has 98 valence electrons. The Bertz CT molecular complexity index is 439. The van der Waals surface area contributed by atoms with Crippen molar-refractivity contribution in [3.05, 3.63) is 29.3 Å². The van der Waals surface area contributed by atoms with Gasteiger partial charge in [-0.2, -0.15) is 0 Å². The number of hydrogen-bond donors (Lipinski definition) is 1. The van der Waals surface area contributed by atoms with Crippen LogP contribution >= 0.6 is 0 Å². The molecule has 1 aliphatic carbocycles. The summed E-state index contributed by atoms with van der Waals surface area (Å²) in [7, 11) is 1.65. The molecule has 3 heteroatoms. The number of benzene rings is 1. The Balaban J connectivity index is 2.31. The van der Waals surface area contributed by atoms with Crippen LogP contribution in [0, 0.1) is 12.8 Å². The van der Waals surface area contributed by atoms with Crippen molar-refractivity contribution in [1.82, 2.24) is 0 Å². The Kier molecular flexibility index (Phi) is 3.90. The predicted molar refractivity (Wildman–Crippen MR) is 70.1 cm³/mol. The Morgan fingerprint density at radius 2 is 2.06 bits per heavy atom. The summed E-state index contributed by atoms with van der Waals surface area (Å²) in [6, 6.07) is 5.94. The molecule has 0 aliphatic heterocycles. The van der Waals surface area contributed by atoms with Crippen molar-refractivity contribution in [2.75, 3.05) is 7.11 Å². The van der Waals surface area contributed by atoms with Crippen molar-refractivity contribution in [2.24, 2.45) is 5.92 Å². The van der Waals surface area contributed by atoms with E-state index in [-0.39, 0.29) is 11.8 Å². The van der Waals surface area contributed by atoms with E-state index in [0.29, 0.717) is 0 Å². The normalized spacial score (nSPS) is 23.7. The van der Waals surface area contributed by atoms with E-state index < -0.39 is 5.97 Å². The number of methoxy groups -OCH3 is 1. The Hall–Kier alpha value is -1.51. The molecule has 2 unspecified atom stereocenters. The number of carboxylic acids is 1. The quantitative estimate of drug-likeness (QED) is 0.892. The maximum absolute atomic E-state index is 11.3. The zero-order chi connectivity index (χ0) is 13.1. The average molecular weight is 248 g/mol. The molecule has 0 radical (unpaired) electrons. The highest BCUT2D eigenvalue weighted by atomic mass is 16.5. The van der Waals surface area contributed by atoms with Gasteiger partial charge in [0.2, 0.25) is 0 Å². The molecule has 0 saturated heterocycles. The van der Waals surface area contributed by atoms with E-state index in [1.54, 1.807) is 7.11 Å². The van der Waals surface area contributed by atoms with E-state index in [2.05, 4.69) is 0 Å². The molecule has 0 amide bonds. The van der Waals surface area contributed by atoms with Crippen molar-refractivity contribution in [1.29, 1.82) is 0 Å². The molecule has 2 atom stereocenters. The molecule has 1 aromatic rings. The van der Waals surface area contributed by atoms with Crippen LogP contribution in [0.5, 0.6) is 5.75 Å². The summed E-state index contributed by atoms with van der Waals surface area (Å²) in [6.07, 6.45) is 3.93. The van der Waals surface area contributed by atoms with Gasteiger partial charge in [0, 0.05) is 0 Å². The second kappa shape index (κ2) is 5.42. The third-order valence-electron chi connectivity index (χ3n) is 3.96. The summed E-state index contributed by atoms with van der Waals surface area (Å²) >= 11 is 0. The Morgan fingerprint density at radius 1 is 1.33 bits per heavy atom. The maximum atomic E-state index is 11.3. The summed E-state index contributed by atoms with van der Waals surface area (Å²) in [4.78, 5) is 11.3. The molecule has 0 aromatic heterocycles. The van der Waals surface area contributed by atoms with E-state index in [0.717, 1.165) is 37.0 Å². The molecule has 3 nitrogen and oxygen atoms in total. The van der Waals surface area contributed by atoms with Crippen LogP contribution in [-0.4, -0.2) is 18.2 Å². The van der Waals surface area contributed by atoms with Gasteiger partial charge in [-0.05, 0) is 48.9 Å². The minimum Gasteiger partial charge on any atom is -0.497 e. The Morgan fingerprint density at radius 3 is 2.67 bits per heavy atom. The molecule has 0 heterocycles. The van der Waals surface area contributed by atoms with Crippen LogP contribution in [0.3, 0.4) is 0 Å². The zero-order valence-corrected chi connectivity index (χ0v) is 11.0. The van der Waals surface area contributed by atoms with Crippen LogP contribution < -0.4 is 4.74 Å². The van der Waals surface area contributed by atoms with Crippen LogP contribution in [0.25, 0.3) is 0 Å². The first-order valence-electron chi connectivity index (χ1n) is 6.51. The lowest BCUT2D eigenvalue weighted by molar-refractivity contribution is -0.143. The van der Waals surface area contributed by atoms with Gasteiger partial charge in [0.15, 0.2) is 0 Å². The fourth-order valence-electron chi connectivity index (χ4n) is 2.99. The standard InChI is InChI=1S/C15H20O3/c1-10-9-11(18-2)7-8-12(10)13-5-3-4-6-14(13)15(16)17/h7-9,13-14H,3-6H2,1-2H3,(H,16,17). The molecule has 1 aromatic carbocycles. The first kappa shape index (κ1) is 12.9. The van der Waals surface area contributed by atoms with Crippen molar-refractivity contribution in [3.63, 3.8) is 0 Å². The van der Waals surface area contributed by atoms with E-state index >= 15 is 0 Å². The largest absolute Gasteiger partial charge is 0.497 e. The second-order valence-corrected chi connectivity index (χ2v) is 5.06. The van der Waals surface area contributed by atoms with Gasteiger partial charge in [-0.15, -0.1) is 0 Å². The zero-order valence-electron chi connectivity index (χ0n) is 11.0. The Labute approximate surface area is 108 Å². The van der Waals surface area contributed by atoms with E-state index in [4.69, 9.17) is 4.74 Å². The predicted octanol–water partition coefficient (Wildman–Crippen LogP) is 3.36. The lowest BCUT2D eigenvalue weighted by Gasteiger charge is -2.30. The summed E-state index contributed by atoms with van der Waals surface area (Å²) in [5.41, 5.74) is 2.30. The molecule has 2 rings (SSSR count). The summed E-state index contributed by atoms with van der Waals surface area (Å²) in [6.45, 7) is 2.03. The van der Waals surface area contributed by atoms with Crippen LogP contribution in [-0.2, 0) is 4.79 Å². The van der Waals surface area contributed by atoms with Crippen molar-refractivity contribution < 1.29 is 14.6 Å². The summed E-state index contributed by atoms with van der Waals surface area (Å²) in [5, 5.41) is 9.34. The van der Waals surface area contributed by atoms with Gasteiger partial charge < -0.3 is 9.84 Å². The van der Waals surface area contributed by atoms with Crippen LogP contribution in [0.1, 0.15) is 42.7 Å². The third kappa shape index (κ3) is 2.50. The minimum absolute atomic E-state index is 0.155. The van der Waals surface area contributed by atoms with E-state index in [1.165, 1.54) is 5.56 Å². The molecule has 1 fully saturated rings. The summed E-state index contributed by atoms with van der Waals surface area (Å²) < 4.78 is 5.20. The molecule has 1 N–H and O–H groups in total. The van der Waals surface area contributed by atoms with Crippen LogP contribution in [0.4, 0.5) is 0 Å². The first-order chi connectivity index (χ1) is 8.63. The van der Waals surface area contributed by atoms with Crippen molar-refractivity contribution in [2.45, 2.75) is 38.5 Å². The SMILES string of the molecule is COc1ccc(C2CCCCC2C(=O)O)c(C)c1. The number of rotatable bonds is 3. The lowest BCUT2D eigenvalue weighted by Crippen LogP contribution is -2.25. The van der Waals surface area contributed by atoms with Gasteiger partial charge in [-0.25, -0.2) is 0 Å². The monoisotopic (exact) mass is 248 g/mol. The van der Waals surface area contributed by atoms with Gasteiger partial charge in [0.05, 0.1) is 13.0 Å². The molecule has 1 saturated carbocycles. The molecular formula is C15H20O3. The van der Waals surface area contributed by atoms with Gasteiger partial charge in [-0.1, -0.05) is 18.9 Å². The fourth-order valence-corrected chi connectivity index (χ4v) is 2.99. The van der Waals surface area contributed by atoms with Gasteiger partial charge >= 0.3 is 5.97 Å². The van der Waals surface area contributed by atoms with E-state index in [9.17, 15) is 9.90 Å². The highest BCUT2D eigenvalue weighted by molar-refractivity contribution is 5.71. The molecule has 18 heavy (non-hydrogen) atoms. The smallest absolute Gasteiger partial charge is 0.307 e. The van der Waals surface area contributed by atoms with Gasteiger partial charge in [0.1, 0.15) is 5.75 Å². The maximum Gasteiger partial charge on any atom is 0.307 e. The number of hydrogen-bond acceptors (Lipinski definition) is 2. The number of ether oxygens (including phenoxy) is 1. The number of carboxylic acid groups (broad SMARTS) is 1. The van der Waals surface area contributed by atoms with Crippen molar-refractivity contribution in [3.8, 4) is 5.75 Å². The lowest BCUT2D eigenvalue weighted by atomic mass is 9.74. The number of aliphatic carboxylic acids is 1.